The van der Waals surface area contributed by atoms with Gasteiger partial charge in [-0.05, 0) is 55.3 Å². The van der Waals surface area contributed by atoms with Gasteiger partial charge in [0.2, 0.25) is 0 Å². The molecule has 0 aromatic heterocycles. The summed E-state index contributed by atoms with van der Waals surface area (Å²) in [5.41, 5.74) is 1.61. The predicted octanol–water partition coefficient (Wildman–Crippen LogP) is 5.92. The Morgan fingerprint density at radius 3 is 2.65 bits per heavy atom. The number of anilines is 1. The van der Waals surface area contributed by atoms with E-state index in [0.717, 1.165) is 17.7 Å². The molecule has 0 bridgehead atoms. The molecule has 134 valence electrons. The molecule has 1 aliphatic heterocycles. The van der Waals surface area contributed by atoms with Crippen molar-refractivity contribution in [1.82, 2.24) is 0 Å². The number of hydrogen-bond donors (Lipinski definition) is 0. The highest BCUT2D eigenvalue weighted by atomic mass is 35.5. The Kier molecular flexibility index (Phi) is 6.01. The van der Waals surface area contributed by atoms with Crippen molar-refractivity contribution in [2.24, 2.45) is 0 Å². The Morgan fingerprint density at radius 1 is 1.27 bits per heavy atom. The van der Waals surface area contributed by atoms with E-state index in [2.05, 4.69) is 6.92 Å². The lowest BCUT2D eigenvalue weighted by molar-refractivity contribution is -0.113. The summed E-state index contributed by atoms with van der Waals surface area (Å²) in [7, 11) is 0. The van der Waals surface area contributed by atoms with Crippen molar-refractivity contribution in [3.05, 3.63) is 64.0 Å². The van der Waals surface area contributed by atoms with Crippen molar-refractivity contribution in [3.63, 3.8) is 0 Å². The second-order valence-electron chi connectivity index (χ2n) is 5.90. The van der Waals surface area contributed by atoms with Crippen LogP contribution in [0.25, 0.3) is 6.08 Å². The van der Waals surface area contributed by atoms with Crippen LogP contribution in [0, 0.1) is 0 Å². The first-order chi connectivity index (χ1) is 12.5. The van der Waals surface area contributed by atoms with E-state index >= 15 is 0 Å². The first-order valence-electron chi connectivity index (χ1n) is 8.28. The van der Waals surface area contributed by atoms with E-state index < -0.39 is 0 Å². The third kappa shape index (κ3) is 4.29. The average molecular weight is 404 g/mol. The van der Waals surface area contributed by atoms with Gasteiger partial charge in [0.25, 0.3) is 5.91 Å². The molecule has 26 heavy (non-hydrogen) atoms. The molecule has 0 radical (unpaired) electrons. The minimum Gasteiger partial charge on any atom is -0.491 e. The van der Waals surface area contributed by atoms with Gasteiger partial charge < -0.3 is 4.74 Å². The fourth-order valence-electron chi connectivity index (χ4n) is 2.42. The van der Waals surface area contributed by atoms with Crippen molar-refractivity contribution in [3.8, 4) is 5.75 Å². The van der Waals surface area contributed by atoms with Gasteiger partial charge in [0.05, 0.1) is 16.7 Å². The maximum absolute atomic E-state index is 12.8. The molecule has 3 rings (SSSR count). The van der Waals surface area contributed by atoms with E-state index in [9.17, 15) is 4.79 Å². The first-order valence-corrected chi connectivity index (χ1v) is 9.88. The molecule has 0 unspecified atom stereocenters. The van der Waals surface area contributed by atoms with Crippen LogP contribution in [-0.2, 0) is 4.79 Å². The fraction of sp³-hybridized carbons (Fsp3) is 0.200. The van der Waals surface area contributed by atoms with E-state index in [-0.39, 0.29) is 12.0 Å². The Labute approximate surface area is 168 Å². The van der Waals surface area contributed by atoms with Gasteiger partial charge in [-0.2, -0.15) is 0 Å². The van der Waals surface area contributed by atoms with Gasteiger partial charge in [-0.15, -0.1) is 0 Å². The molecular formula is C20H18ClNO2S2. The topological polar surface area (TPSA) is 29.5 Å². The highest BCUT2D eigenvalue weighted by molar-refractivity contribution is 8.27. The summed E-state index contributed by atoms with van der Waals surface area (Å²) in [4.78, 5) is 14.9. The smallest absolute Gasteiger partial charge is 0.270 e. The van der Waals surface area contributed by atoms with Crippen molar-refractivity contribution < 1.29 is 9.53 Å². The second-order valence-corrected chi connectivity index (χ2v) is 8.01. The van der Waals surface area contributed by atoms with Crippen LogP contribution < -0.4 is 9.64 Å². The first kappa shape index (κ1) is 19.0. The fourth-order valence-corrected chi connectivity index (χ4v) is 3.90. The molecule has 6 heteroatoms. The van der Waals surface area contributed by atoms with Crippen molar-refractivity contribution in [2.75, 3.05) is 4.90 Å². The Morgan fingerprint density at radius 2 is 2.00 bits per heavy atom. The number of rotatable bonds is 5. The molecule has 1 atom stereocenters. The summed E-state index contributed by atoms with van der Waals surface area (Å²) in [5.74, 6) is 0.685. The molecule has 1 heterocycles. The van der Waals surface area contributed by atoms with Crippen LogP contribution in [-0.4, -0.2) is 16.3 Å². The standard InChI is InChI=1S/C20H18ClNO2S2/c1-3-13(2)24-17-9-7-14(8-10-17)11-18-19(23)22(20(25)26-18)16-6-4-5-15(21)12-16/h4-13H,3H2,1-2H3/b18-11+/t13-/m0/s1. The summed E-state index contributed by atoms with van der Waals surface area (Å²) >= 11 is 12.7. The lowest BCUT2D eigenvalue weighted by atomic mass is 10.2. The van der Waals surface area contributed by atoms with Gasteiger partial charge >= 0.3 is 0 Å². The maximum atomic E-state index is 12.8. The van der Waals surface area contributed by atoms with Gasteiger partial charge in [0, 0.05) is 5.02 Å². The number of nitrogens with zero attached hydrogens (tertiary/aromatic N) is 1. The van der Waals surface area contributed by atoms with Crippen molar-refractivity contribution >= 4 is 57.6 Å². The molecule has 0 saturated carbocycles. The quantitative estimate of drug-likeness (QED) is 0.457. The summed E-state index contributed by atoms with van der Waals surface area (Å²) in [6, 6.07) is 14.8. The summed E-state index contributed by atoms with van der Waals surface area (Å²) in [5, 5.41) is 0.567. The molecular weight excluding hydrogens is 386 g/mol. The third-order valence-electron chi connectivity index (χ3n) is 3.95. The van der Waals surface area contributed by atoms with Crippen LogP contribution in [0.3, 0.4) is 0 Å². The number of amides is 1. The third-order valence-corrected chi connectivity index (χ3v) is 5.49. The van der Waals surface area contributed by atoms with Gasteiger partial charge in [0.1, 0.15) is 5.75 Å². The molecule has 3 nitrogen and oxygen atoms in total. The van der Waals surface area contributed by atoms with Crippen LogP contribution in [0.1, 0.15) is 25.8 Å². The highest BCUT2D eigenvalue weighted by Gasteiger charge is 2.33. The zero-order valence-corrected chi connectivity index (χ0v) is 16.8. The van der Waals surface area contributed by atoms with Crippen LogP contribution >= 0.6 is 35.6 Å². The average Bonchev–Trinajstić information content (AvgIpc) is 2.90. The molecule has 0 N–H and O–H groups in total. The van der Waals surface area contributed by atoms with Gasteiger partial charge in [0.15, 0.2) is 4.32 Å². The van der Waals surface area contributed by atoms with Crippen LogP contribution in [0.4, 0.5) is 5.69 Å². The molecule has 1 aliphatic rings. The number of halogens is 1. The van der Waals surface area contributed by atoms with E-state index in [0.29, 0.717) is 19.9 Å². The Bertz CT molecular complexity index is 864. The van der Waals surface area contributed by atoms with Crippen molar-refractivity contribution in [2.45, 2.75) is 26.4 Å². The molecule has 1 amide bonds. The molecule has 0 spiro atoms. The number of carbonyl (C=O) groups is 1. The monoisotopic (exact) mass is 403 g/mol. The summed E-state index contributed by atoms with van der Waals surface area (Å²) in [6.07, 6.45) is 2.97. The van der Waals surface area contributed by atoms with Gasteiger partial charge in [-0.1, -0.05) is 60.7 Å². The second kappa shape index (κ2) is 8.25. The maximum Gasteiger partial charge on any atom is 0.270 e. The number of carbonyl (C=O) groups excluding carboxylic acids is 1. The van der Waals surface area contributed by atoms with Crippen LogP contribution in [0.5, 0.6) is 5.75 Å². The molecule has 1 fully saturated rings. The number of thiocarbonyl (C=S) groups is 1. The Balaban J connectivity index is 1.79. The zero-order valence-electron chi connectivity index (χ0n) is 14.4. The van der Waals surface area contributed by atoms with E-state index in [1.807, 2.05) is 43.3 Å². The number of ether oxygens (including phenoxy) is 1. The van der Waals surface area contributed by atoms with E-state index in [1.54, 1.807) is 18.2 Å². The highest BCUT2D eigenvalue weighted by Crippen LogP contribution is 2.36. The number of benzene rings is 2. The normalized spacial score (nSPS) is 17.0. The lowest BCUT2D eigenvalue weighted by Gasteiger charge is -2.14. The number of hydrogen-bond acceptors (Lipinski definition) is 4. The lowest BCUT2D eigenvalue weighted by Crippen LogP contribution is -2.27. The summed E-state index contributed by atoms with van der Waals surface area (Å²) in [6.45, 7) is 4.12. The SMILES string of the molecule is CC[C@H](C)Oc1ccc(/C=C2/SC(=S)N(c3cccc(Cl)c3)C2=O)cc1. The van der Waals surface area contributed by atoms with Gasteiger partial charge in [-0.3, -0.25) is 9.69 Å². The predicted molar refractivity (Wildman–Crippen MR) is 114 cm³/mol. The van der Waals surface area contributed by atoms with E-state index in [4.69, 9.17) is 28.6 Å². The minimum absolute atomic E-state index is 0.137. The molecule has 2 aromatic rings. The number of thioether (sulfide) groups is 1. The Hall–Kier alpha value is -1.82. The molecule has 1 saturated heterocycles. The largest absolute Gasteiger partial charge is 0.491 e. The summed E-state index contributed by atoms with van der Waals surface area (Å²) < 4.78 is 6.28. The van der Waals surface area contributed by atoms with Gasteiger partial charge in [-0.25, -0.2) is 0 Å². The van der Waals surface area contributed by atoms with Crippen LogP contribution in [0.2, 0.25) is 5.02 Å². The van der Waals surface area contributed by atoms with Crippen LogP contribution in [0.15, 0.2) is 53.4 Å². The van der Waals surface area contributed by atoms with E-state index in [1.165, 1.54) is 16.7 Å². The molecule has 0 aliphatic carbocycles. The minimum atomic E-state index is -0.137. The van der Waals surface area contributed by atoms with Crippen molar-refractivity contribution in [1.29, 1.82) is 0 Å². The molecule has 2 aromatic carbocycles. The zero-order chi connectivity index (χ0) is 18.7.